The molecule has 32 heavy (non-hydrogen) atoms. The summed E-state index contributed by atoms with van der Waals surface area (Å²) in [7, 11) is -0.338. The third-order valence-corrected chi connectivity index (χ3v) is 6.90. The van der Waals surface area contributed by atoms with Gasteiger partial charge in [-0.2, -0.15) is 0 Å². The van der Waals surface area contributed by atoms with Crippen molar-refractivity contribution in [2.24, 2.45) is 0 Å². The number of rotatable bonds is 5. The molecule has 0 aliphatic heterocycles. The van der Waals surface area contributed by atoms with Crippen LogP contribution >= 0.6 is 0 Å². The molecule has 1 heterocycles. The number of methoxy groups -OCH3 is 3. The number of hydrogen-bond acceptors (Lipinski definition) is 7. The molecule has 0 spiro atoms. The number of aromatic nitrogens is 1. The second kappa shape index (κ2) is 8.01. The highest BCUT2D eigenvalue weighted by atomic mass is 32.2. The van der Waals surface area contributed by atoms with Gasteiger partial charge in [-0.1, -0.05) is 24.3 Å². The summed E-state index contributed by atoms with van der Waals surface area (Å²) in [4.78, 5) is 25.3. The molecule has 1 aromatic heterocycles. The second-order valence-corrected chi connectivity index (χ2v) is 8.62. The van der Waals surface area contributed by atoms with Crippen LogP contribution in [0.2, 0.25) is 0 Å². The van der Waals surface area contributed by atoms with Gasteiger partial charge in [0.25, 0.3) is 10.0 Å². The monoisotopic (exact) mass is 453 g/mol. The van der Waals surface area contributed by atoms with E-state index in [4.69, 9.17) is 14.2 Å². The number of nitrogens with zero attached hydrogens (tertiary/aromatic N) is 1. The molecular formula is C23H19NO7S. The number of hydrogen-bond donors (Lipinski definition) is 0. The van der Waals surface area contributed by atoms with Crippen molar-refractivity contribution in [2.45, 2.75) is 4.90 Å². The summed E-state index contributed by atoms with van der Waals surface area (Å²) in [5.41, 5.74) is 0.0290. The van der Waals surface area contributed by atoms with E-state index >= 15 is 0 Å². The zero-order valence-electron chi connectivity index (χ0n) is 17.5. The lowest BCUT2D eigenvalue weighted by molar-refractivity contribution is 0.0557. The molecule has 9 heteroatoms. The molecule has 0 amide bonds. The Labute approximate surface area is 184 Å². The first kappa shape index (κ1) is 21.4. The maximum atomic E-state index is 13.8. The van der Waals surface area contributed by atoms with Crippen molar-refractivity contribution in [2.75, 3.05) is 21.3 Å². The van der Waals surface area contributed by atoms with Crippen LogP contribution in [0, 0.1) is 0 Å². The van der Waals surface area contributed by atoms with E-state index in [0.717, 1.165) is 11.1 Å². The van der Waals surface area contributed by atoms with Crippen LogP contribution in [0.4, 0.5) is 0 Å². The smallest absolute Gasteiger partial charge is 0.340 e. The SMILES string of the molecule is COC(=O)c1ccc2c3cc(OC)ccc3n(S(=O)(=O)c3ccccc3)c2c1C(=O)OC. The molecule has 0 atom stereocenters. The molecule has 0 bridgehead atoms. The second-order valence-electron chi connectivity index (χ2n) is 6.83. The fourth-order valence-corrected chi connectivity index (χ4v) is 5.27. The van der Waals surface area contributed by atoms with Crippen molar-refractivity contribution in [3.63, 3.8) is 0 Å². The molecule has 164 valence electrons. The Morgan fingerprint density at radius 1 is 0.812 bits per heavy atom. The number of carbonyl (C=O) groups excluding carboxylic acids is 2. The van der Waals surface area contributed by atoms with Crippen LogP contribution < -0.4 is 4.74 Å². The minimum absolute atomic E-state index is 0.0202. The summed E-state index contributed by atoms with van der Waals surface area (Å²) in [5, 5.41) is 0.965. The summed E-state index contributed by atoms with van der Waals surface area (Å²) in [6.07, 6.45) is 0. The van der Waals surface area contributed by atoms with Crippen molar-refractivity contribution >= 4 is 43.8 Å². The molecule has 4 aromatic rings. The molecule has 0 radical (unpaired) electrons. The summed E-state index contributed by atoms with van der Waals surface area (Å²) < 4.78 is 43.6. The minimum Gasteiger partial charge on any atom is -0.497 e. The van der Waals surface area contributed by atoms with E-state index in [2.05, 4.69) is 0 Å². The molecule has 0 saturated carbocycles. The van der Waals surface area contributed by atoms with E-state index in [0.29, 0.717) is 22.0 Å². The van der Waals surface area contributed by atoms with Gasteiger partial charge in [-0.15, -0.1) is 0 Å². The van der Waals surface area contributed by atoms with E-state index in [9.17, 15) is 18.0 Å². The van der Waals surface area contributed by atoms with Crippen LogP contribution in [0.5, 0.6) is 5.75 Å². The van der Waals surface area contributed by atoms with E-state index in [1.165, 1.54) is 32.4 Å². The van der Waals surface area contributed by atoms with Gasteiger partial charge >= 0.3 is 11.9 Å². The molecule has 0 unspecified atom stereocenters. The first-order valence-electron chi connectivity index (χ1n) is 9.47. The molecule has 0 aliphatic rings. The molecule has 0 aliphatic carbocycles. The Balaban J connectivity index is 2.27. The van der Waals surface area contributed by atoms with Crippen molar-refractivity contribution < 1.29 is 32.2 Å². The average Bonchev–Trinajstić information content (AvgIpc) is 3.17. The van der Waals surface area contributed by atoms with Crippen LogP contribution in [0.3, 0.4) is 0 Å². The topological polar surface area (TPSA) is 101 Å². The van der Waals surface area contributed by atoms with E-state index < -0.39 is 22.0 Å². The van der Waals surface area contributed by atoms with Gasteiger partial charge in [0.2, 0.25) is 0 Å². The molecule has 4 rings (SSSR count). The van der Waals surface area contributed by atoms with Gasteiger partial charge in [-0.05, 0) is 36.4 Å². The van der Waals surface area contributed by atoms with E-state index in [1.54, 1.807) is 42.5 Å². The standard InChI is InChI=1S/C23H19NO7S/c1-29-14-9-12-19-18(13-14)16-10-11-17(22(25)30-2)20(23(26)31-3)21(16)24(19)32(27,28)15-7-5-4-6-8-15/h4-13H,1-3H3. The first-order chi connectivity index (χ1) is 15.3. The predicted molar refractivity (Wildman–Crippen MR) is 118 cm³/mol. The number of fused-ring (bicyclic) bond motifs is 3. The fourth-order valence-electron chi connectivity index (χ4n) is 3.71. The lowest BCUT2D eigenvalue weighted by Gasteiger charge is -2.13. The Morgan fingerprint density at radius 3 is 2.12 bits per heavy atom. The molecule has 0 fully saturated rings. The van der Waals surface area contributed by atoms with Crippen molar-refractivity contribution in [1.29, 1.82) is 0 Å². The Hall–Kier alpha value is -3.85. The summed E-state index contributed by atoms with van der Waals surface area (Å²) in [6, 6.07) is 15.7. The third kappa shape index (κ3) is 3.18. The van der Waals surface area contributed by atoms with Gasteiger partial charge in [0.05, 0.1) is 48.4 Å². The van der Waals surface area contributed by atoms with Crippen LogP contribution in [0.1, 0.15) is 20.7 Å². The zero-order chi connectivity index (χ0) is 23.0. The summed E-state index contributed by atoms with van der Waals surface area (Å²) >= 11 is 0. The van der Waals surface area contributed by atoms with E-state index in [1.807, 2.05) is 0 Å². The largest absolute Gasteiger partial charge is 0.497 e. The van der Waals surface area contributed by atoms with Crippen LogP contribution in [-0.2, 0) is 19.5 Å². The maximum absolute atomic E-state index is 13.8. The Bertz CT molecular complexity index is 1470. The molecular weight excluding hydrogens is 434 g/mol. The lowest BCUT2D eigenvalue weighted by atomic mass is 10.0. The highest BCUT2D eigenvalue weighted by Crippen LogP contribution is 2.37. The van der Waals surface area contributed by atoms with Gasteiger partial charge in [-0.3, -0.25) is 0 Å². The fraction of sp³-hybridized carbons (Fsp3) is 0.130. The highest BCUT2D eigenvalue weighted by molar-refractivity contribution is 7.90. The lowest BCUT2D eigenvalue weighted by Crippen LogP contribution is -2.18. The van der Waals surface area contributed by atoms with Crippen molar-refractivity contribution in [3.05, 3.63) is 71.8 Å². The molecule has 3 aromatic carbocycles. The quantitative estimate of drug-likeness (QED) is 0.426. The van der Waals surface area contributed by atoms with Gasteiger partial charge < -0.3 is 14.2 Å². The Morgan fingerprint density at radius 2 is 1.50 bits per heavy atom. The maximum Gasteiger partial charge on any atom is 0.340 e. The number of ether oxygens (including phenoxy) is 3. The predicted octanol–water partition coefficient (Wildman–Crippen LogP) is 3.61. The molecule has 0 saturated heterocycles. The summed E-state index contributed by atoms with van der Waals surface area (Å²) in [5.74, 6) is -1.15. The van der Waals surface area contributed by atoms with Crippen molar-refractivity contribution in [3.8, 4) is 5.75 Å². The zero-order valence-corrected chi connectivity index (χ0v) is 18.3. The van der Waals surface area contributed by atoms with Crippen LogP contribution in [0.25, 0.3) is 21.8 Å². The molecule has 8 nitrogen and oxygen atoms in total. The normalized spacial score (nSPS) is 11.5. The van der Waals surface area contributed by atoms with Crippen LogP contribution in [0.15, 0.2) is 65.6 Å². The first-order valence-corrected chi connectivity index (χ1v) is 10.9. The average molecular weight is 453 g/mol. The minimum atomic E-state index is -4.17. The number of carbonyl (C=O) groups is 2. The van der Waals surface area contributed by atoms with Crippen molar-refractivity contribution in [1.82, 2.24) is 3.97 Å². The number of benzene rings is 3. The van der Waals surface area contributed by atoms with Crippen LogP contribution in [-0.4, -0.2) is 45.7 Å². The number of esters is 2. The third-order valence-electron chi connectivity index (χ3n) is 5.17. The molecule has 0 N–H and O–H groups in total. The van der Waals surface area contributed by atoms with Gasteiger partial charge in [-0.25, -0.2) is 22.0 Å². The summed E-state index contributed by atoms with van der Waals surface area (Å²) in [6.45, 7) is 0. The van der Waals surface area contributed by atoms with Gasteiger partial charge in [0, 0.05) is 10.8 Å². The Kier molecular flexibility index (Phi) is 5.35. The van der Waals surface area contributed by atoms with Gasteiger partial charge in [0.1, 0.15) is 5.75 Å². The van der Waals surface area contributed by atoms with Gasteiger partial charge in [0.15, 0.2) is 0 Å². The highest BCUT2D eigenvalue weighted by Gasteiger charge is 2.30. The van der Waals surface area contributed by atoms with E-state index in [-0.39, 0.29) is 21.5 Å².